The van der Waals surface area contributed by atoms with Gasteiger partial charge in [0.05, 0.1) is 26.0 Å². The Balaban J connectivity index is 1.40. The molecular weight excluding hydrogens is 499 g/mol. The summed E-state index contributed by atoms with van der Waals surface area (Å²) in [6.07, 6.45) is -0.790. The topological polar surface area (TPSA) is 89.4 Å². The van der Waals surface area contributed by atoms with E-state index in [0.29, 0.717) is 23.9 Å². The Hall–Kier alpha value is -3.73. The first kappa shape index (κ1) is 25.9. The second-order valence-electron chi connectivity index (χ2n) is 9.52. The van der Waals surface area contributed by atoms with Crippen LogP contribution in [-0.2, 0) is 0 Å². The minimum absolute atomic E-state index is 0.00479. The van der Waals surface area contributed by atoms with Gasteiger partial charge in [0.1, 0.15) is 17.7 Å². The van der Waals surface area contributed by atoms with Crippen LogP contribution in [0.3, 0.4) is 0 Å². The van der Waals surface area contributed by atoms with Crippen molar-refractivity contribution >= 4 is 11.7 Å². The van der Waals surface area contributed by atoms with Crippen molar-refractivity contribution in [3.63, 3.8) is 0 Å². The Labute approximate surface area is 218 Å². The average molecular weight is 530 g/mol. The van der Waals surface area contributed by atoms with Crippen LogP contribution in [0.5, 0.6) is 11.5 Å². The number of nitrogens with zero attached hydrogens (tertiary/aromatic N) is 2. The van der Waals surface area contributed by atoms with Gasteiger partial charge in [0.2, 0.25) is 0 Å². The van der Waals surface area contributed by atoms with Crippen LogP contribution < -0.4 is 25.4 Å². The summed E-state index contributed by atoms with van der Waals surface area (Å²) in [7, 11) is 3.03. The summed E-state index contributed by atoms with van der Waals surface area (Å²) in [5, 5.41) is 13.7. The number of rotatable bonds is 7. The normalized spacial score (nSPS) is 20.9. The number of aromatic nitrogens is 2. The third-order valence-electron chi connectivity index (χ3n) is 7.09. The zero-order valence-corrected chi connectivity index (χ0v) is 21.1. The van der Waals surface area contributed by atoms with Crippen molar-refractivity contribution in [2.75, 3.05) is 32.6 Å². The van der Waals surface area contributed by atoms with Gasteiger partial charge in [-0.05, 0) is 61.7 Å². The zero-order valence-electron chi connectivity index (χ0n) is 21.1. The van der Waals surface area contributed by atoms with Crippen LogP contribution in [0.2, 0.25) is 0 Å². The Bertz CT molecular complexity index is 1310. The molecule has 3 atom stereocenters. The molecule has 5 rings (SSSR count). The number of carbonyl (C=O) groups is 1. The van der Waals surface area contributed by atoms with Gasteiger partial charge in [0.15, 0.2) is 11.5 Å². The number of benzene rings is 2. The van der Waals surface area contributed by atoms with Crippen LogP contribution in [0.15, 0.2) is 42.5 Å². The summed E-state index contributed by atoms with van der Waals surface area (Å²) in [6.45, 7) is 1.59. The monoisotopic (exact) mass is 529 g/mol. The third-order valence-corrected chi connectivity index (χ3v) is 7.09. The number of nitrogens with one attached hydrogen (secondary N) is 3. The summed E-state index contributed by atoms with van der Waals surface area (Å²) in [6, 6.07) is 9.29. The van der Waals surface area contributed by atoms with Crippen molar-refractivity contribution in [2.24, 2.45) is 0 Å². The minimum Gasteiger partial charge on any atom is -0.493 e. The molecule has 2 aromatic carbocycles. The Morgan fingerprint density at radius 1 is 1.13 bits per heavy atom. The predicted octanol–water partition coefficient (Wildman–Crippen LogP) is 4.55. The molecule has 2 unspecified atom stereocenters. The lowest BCUT2D eigenvalue weighted by atomic mass is 9.97. The molecule has 1 amide bonds. The van der Waals surface area contributed by atoms with E-state index in [9.17, 15) is 13.6 Å². The average Bonchev–Trinajstić information content (AvgIpc) is 3.36. The minimum atomic E-state index is -2.68. The molecule has 8 nitrogen and oxygen atoms in total. The van der Waals surface area contributed by atoms with Crippen molar-refractivity contribution in [1.29, 1.82) is 0 Å². The van der Waals surface area contributed by atoms with E-state index in [1.807, 2.05) is 0 Å². The molecule has 0 bridgehead atoms. The lowest BCUT2D eigenvalue weighted by Crippen LogP contribution is -2.45. The molecule has 1 fully saturated rings. The van der Waals surface area contributed by atoms with Gasteiger partial charge in [-0.25, -0.2) is 17.9 Å². The fraction of sp³-hybridized carbons (Fsp3) is 0.407. The Morgan fingerprint density at radius 2 is 1.95 bits per heavy atom. The first-order chi connectivity index (χ1) is 18.4. The number of ether oxygens (including phenoxy) is 2. The quantitative estimate of drug-likeness (QED) is 0.416. The van der Waals surface area contributed by atoms with E-state index in [1.165, 1.54) is 31.0 Å². The van der Waals surface area contributed by atoms with Gasteiger partial charge in [-0.1, -0.05) is 6.07 Å². The first-order valence-electron chi connectivity index (χ1n) is 12.6. The Morgan fingerprint density at radius 3 is 2.63 bits per heavy atom. The van der Waals surface area contributed by atoms with E-state index < -0.39 is 24.3 Å². The van der Waals surface area contributed by atoms with Gasteiger partial charge >= 0.3 is 0 Å². The summed E-state index contributed by atoms with van der Waals surface area (Å²) < 4.78 is 55.3. The third kappa shape index (κ3) is 5.15. The van der Waals surface area contributed by atoms with Crippen LogP contribution in [-0.4, -0.2) is 55.5 Å². The predicted molar refractivity (Wildman–Crippen MR) is 137 cm³/mol. The molecule has 0 aliphatic carbocycles. The highest BCUT2D eigenvalue weighted by atomic mass is 19.3. The van der Waals surface area contributed by atoms with E-state index in [4.69, 9.17) is 9.47 Å². The van der Waals surface area contributed by atoms with Crippen LogP contribution in [0.25, 0.3) is 11.3 Å². The second kappa shape index (κ2) is 10.9. The van der Waals surface area contributed by atoms with Gasteiger partial charge in [-0.15, -0.1) is 0 Å². The number of amides is 1. The molecule has 2 aliphatic rings. The number of piperidine rings is 1. The number of carbonyl (C=O) groups excluding carboxylic acids is 1. The molecular formula is C27H30F3N5O3. The molecule has 1 aromatic heterocycles. The van der Waals surface area contributed by atoms with Gasteiger partial charge < -0.3 is 25.4 Å². The number of methoxy groups -OCH3 is 2. The van der Waals surface area contributed by atoms with E-state index in [1.54, 1.807) is 24.3 Å². The van der Waals surface area contributed by atoms with Crippen LogP contribution >= 0.6 is 0 Å². The van der Waals surface area contributed by atoms with E-state index in [0.717, 1.165) is 31.0 Å². The number of halogens is 3. The highest BCUT2D eigenvalue weighted by molar-refractivity contribution is 5.95. The molecule has 3 aromatic rings. The number of hydrogen-bond acceptors (Lipinski definition) is 6. The summed E-state index contributed by atoms with van der Waals surface area (Å²) in [5.74, 6) is 0.367. The number of anilines is 1. The molecule has 38 heavy (non-hydrogen) atoms. The molecule has 0 radical (unpaired) electrons. The van der Waals surface area contributed by atoms with Gasteiger partial charge in [-0.3, -0.25) is 4.79 Å². The van der Waals surface area contributed by atoms with Gasteiger partial charge in [0.25, 0.3) is 12.3 Å². The van der Waals surface area contributed by atoms with Crippen LogP contribution in [0.1, 0.15) is 47.3 Å². The van der Waals surface area contributed by atoms with Crippen molar-refractivity contribution in [1.82, 2.24) is 20.4 Å². The molecule has 3 heterocycles. The standard InChI is InChI=1S/C27H30F3N5O3/c1-37-23-8-6-15(11-24(23)38-2)20-12-22(26(29)30)35-25(33-20)13-21(34-35)18-7-5-16(10-19(18)28)27(36)32-17-4-3-9-31-14-17/h5-8,10-11,13,17,20,22,26,31,33H,3-4,9,12,14H2,1-2H3,(H,32,36)/t17-,20?,22?/m1/s1. The fourth-order valence-electron chi connectivity index (χ4n) is 5.07. The molecule has 0 spiro atoms. The molecule has 1 saturated heterocycles. The summed E-state index contributed by atoms with van der Waals surface area (Å²) in [4.78, 5) is 12.6. The van der Waals surface area contributed by atoms with Crippen molar-refractivity contribution in [2.45, 2.75) is 43.8 Å². The summed E-state index contributed by atoms with van der Waals surface area (Å²) >= 11 is 0. The lowest BCUT2D eigenvalue weighted by Gasteiger charge is -2.32. The largest absolute Gasteiger partial charge is 0.493 e. The van der Waals surface area contributed by atoms with E-state index in [-0.39, 0.29) is 35.2 Å². The summed E-state index contributed by atoms with van der Waals surface area (Å²) in [5.41, 5.74) is 1.27. The van der Waals surface area contributed by atoms with Crippen molar-refractivity contribution in [3.05, 3.63) is 59.4 Å². The molecule has 11 heteroatoms. The fourth-order valence-corrected chi connectivity index (χ4v) is 5.07. The maximum atomic E-state index is 15.2. The molecule has 202 valence electrons. The second-order valence-corrected chi connectivity index (χ2v) is 9.52. The van der Waals surface area contributed by atoms with Gasteiger partial charge in [-0.2, -0.15) is 5.10 Å². The van der Waals surface area contributed by atoms with Crippen LogP contribution in [0, 0.1) is 5.82 Å². The van der Waals surface area contributed by atoms with Crippen LogP contribution in [0.4, 0.5) is 19.0 Å². The highest BCUT2D eigenvalue weighted by Gasteiger charge is 2.35. The van der Waals surface area contributed by atoms with Crippen molar-refractivity contribution in [3.8, 4) is 22.8 Å². The molecule has 2 aliphatic heterocycles. The smallest absolute Gasteiger partial charge is 0.260 e. The molecule has 3 N–H and O–H groups in total. The maximum Gasteiger partial charge on any atom is 0.260 e. The lowest BCUT2D eigenvalue weighted by molar-refractivity contribution is 0.0659. The molecule has 0 saturated carbocycles. The van der Waals surface area contributed by atoms with Crippen molar-refractivity contribution < 1.29 is 27.4 Å². The first-order valence-corrected chi connectivity index (χ1v) is 12.6. The van der Waals surface area contributed by atoms with Gasteiger partial charge in [0, 0.05) is 29.8 Å². The highest BCUT2D eigenvalue weighted by Crippen LogP contribution is 2.41. The number of fused-ring (bicyclic) bond motifs is 1. The SMILES string of the molecule is COc1ccc(C2CC(C(F)F)n3nc(-c4ccc(C(=O)N[C@@H]5CCCNC5)cc4F)cc3N2)cc1OC. The van der Waals surface area contributed by atoms with E-state index >= 15 is 4.39 Å². The number of hydrogen-bond donors (Lipinski definition) is 3. The zero-order chi connectivity index (χ0) is 26.8. The van der Waals surface area contributed by atoms with E-state index in [2.05, 4.69) is 21.0 Å². The maximum absolute atomic E-state index is 15.2. The Kier molecular flexibility index (Phi) is 7.46. The number of alkyl halides is 2.